The Bertz CT molecular complexity index is 707. The van der Waals surface area contributed by atoms with Crippen LogP contribution in [0.1, 0.15) is 37.1 Å². The molecule has 2 aromatic heterocycles. The Morgan fingerprint density at radius 2 is 2.08 bits per heavy atom. The number of hydrogen-bond acceptors (Lipinski definition) is 5. The lowest BCUT2D eigenvalue weighted by Crippen LogP contribution is -2.37. The number of nitrogens with zero attached hydrogens (tertiary/aromatic N) is 5. The number of nitrogens with one attached hydrogen (secondary N) is 2. The van der Waals surface area contributed by atoms with Gasteiger partial charge >= 0.3 is 0 Å². The van der Waals surface area contributed by atoms with Gasteiger partial charge < -0.3 is 15.4 Å². The second-order valence-electron chi connectivity index (χ2n) is 6.07. The van der Waals surface area contributed by atoms with E-state index in [-0.39, 0.29) is 0 Å². The highest BCUT2D eigenvalue weighted by atomic mass is 16.5. The van der Waals surface area contributed by atoms with Crippen LogP contribution in [0.4, 0.5) is 0 Å². The molecule has 1 fully saturated rings. The van der Waals surface area contributed by atoms with Crippen molar-refractivity contribution in [3.63, 3.8) is 0 Å². The highest BCUT2D eigenvalue weighted by Gasteiger charge is 2.18. The first kappa shape index (κ1) is 17.2. The van der Waals surface area contributed by atoms with E-state index in [1.165, 1.54) is 19.2 Å². The molecule has 0 atom stereocenters. The summed E-state index contributed by atoms with van der Waals surface area (Å²) in [6.45, 7) is 1.14. The van der Waals surface area contributed by atoms with E-state index in [1.807, 2.05) is 19.2 Å². The Kier molecular flexibility index (Phi) is 5.81. The van der Waals surface area contributed by atoms with Crippen LogP contribution in [0.15, 0.2) is 29.6 Å². The highest BCUT2D eigenvalue weighted by molar-refractivity contribution is 5.79. The number of aryl methyl sites for hydroxylation is 1. The molecule has 1 saturated carbocycles. The van der Waals surface area contributed by atoms with Crippen molar-refractivity contribution in [2.75, 3.05) is 7.05 Å². The Labute approximate surface area is 147 Å². The van der Waals surface area contributed by atoms with Gasteiger partial charge in [-0.2, -0.15) is 5.10 Å². The summed E-state index contributed by atoms with van der Waals surface area (Å²) in [5, 5.41) is 10.6. The molecule has 3 rings (SSSR count). The molecule has 2 aromatic rings. The lowest BCUT2D eigenvalue weighted by Gasteiger charge is -2.16. The van der Waals surface area contributed by atoms with Crippen molar-refractivity contribution in [1.82, 2.24) is 30.4 Å². The summed E-state index contributed by atoms with van der Waals surface area (Å²) in [5.41, 5.74) is 1.02. The topological polar surface area (TPSA) is 89.2 Å². The minimum Gasteiger partial charge on any atom is -0.474 e. The van der Waals surface area contributed by atoms with Gasteiger partial charge in [-0.3, -0.25) is 9.67 Å². The lowest BCUT2D eigenvalue weighted by molar-refractivity contribution is 0.199. The molecular weight excluding hydrogens is 318 g/mol. The summed E-state index contributed by atoms with van der Waals surface area (Å²) in [5.74, 6) is 2.25. The maximum Gasteiger partial charge on any atom is 0.218 e. The quantitative estimate of drug-likeness (QED) is 0.609. The van der Waals surface area contributed by atoms with Crippen molar-refractivity contribution in [1.29, 1.82) is 0 Å². The fourth-order valence-electron chi connectivity index (χ4n) is 2.87. The third-order valence-corrected chi connectivity index (χ3v) is 4.32. The smallest absolute Gasteiger partial charge is 0.218 e. The second kappa shape index (κ2) is 8.46. The molecule has 8 nitrogen and oxygen atoms in total. The molecule has 1 aliphatic rings. The Hall–Kier alpha value is -2.64. The number of guanidine groups is 1. The van der Waals surface area contributed by atoms with Crippen LogP contribution < -0.4 is 15.4 Å². The molecule has 0 aliphatic heterocycles. The van der Waals surface area contributed by atoms with E-state index in [0.29, 0.717) is 31.0 Å². The van der Waals surface area contributed by atoms with Crippen LogP contribution in [-0.4, -0.2) is 38.9 Å². The molecule has 0 saturated heterocycles. The first-order valence-electron chi connectivity index (χ1n) is 8.64. The van der Waals surface area contributed by atoms with Gasteiger partial charge in [0.2, 0.25) is 5.88 Å². The van der Waals surface area contributed by atoms with Gasteiger partial charge in [0, 0.05) is 32.4 Å². The molecular formula is C17H25N7O. The summed E-state index contributed by atoms with van der Waals surface area (Å²) >= 11 is 0. The molecule has 1 aliphatic carbocycles. The van der Waals surface area contributed by atoms with Crippen molar-refractivity contribution in [3.8, 4) is 5.88 Å². The predicted octanol–water partition coefficient (Wildman–Crippen LogP) is 1.40. The van der Waals surface area contributed by atoms with Gasteiger partial charge in [0.25, 0.3) is 0 Å². The molecule has 0 bridgehead atoms. The summed E-state index contributed by atoms with van der Waals surface area (Å²) in [6.07, 6.45) is 8.31. The van der Waals surface area contributed by atoms with E-state index in [0.717, 1.165) is 24.2 Å². The average molecular weight is 343 g/mol. The summed E-state index contributed by atoms with van der Waals surface area (Å²) in [7, 11) is 3.60. The van der Waals surface area contributed by atoms with Gasteiger partial charge in [-0.15, -0.1) is 0 Å². The van der Waals surface area contributed by atoms with Gasteiger partial charge in [0.15, 0.2) is 5.96 Å². The minimum atomic E-state index is 0.294. The number of rotatable bonds is 6. The lowest BCUT2D eigenvalue weighted by atomic mass is 10.2. The van der Waals surface area contributed by atoms with Gasteiger partial charge in [-0.05, 0) is 31.7 Å². The largest absolute Gasteiger partial charge is 0.474 e. The van der Waals surface area contributed by atoms with Crippen molar-refractivity contribution < 1.29 is 4.74 Å². The van der Waals surface area contributed by atoms with Gasteiger partial charge in [0.05, 0.1) is 6.54 Å². The van der Waals surface area contributed by atoms with Crippen LogP contribution in [0, 0.1) is 0 Å². The van der Waals surface area contributed by atoms with E-state index in [9.17, 15) is 0 Å². The Balaban J connectivity index is 1.55. The minimum absolute atomic E-state index is 0.294. The van der Waals surface area contributed by atoms with Crippen LogP contribution in [-0.2, 0) is 20.1 Å². The van der Waals surface area contributed by atoms with Crippen LogP contribution in [0.5, 0.6) is 5.88 Å². The molecule has 0 unspecified atom stereocenters. The number of aromatic nitrogens is 4. The second-order valence-corrected chi connectivity index (χ2v) is 6.07. The monoisotopic (exact) mass is 343 g/mol. The SMILES string of the molecule is CN=C(NCc1cccnc1OC1CCCC1)NCc1ncnn1C. The molecule has 0 spiro atoms. The van der Waals surface area contributed by atoms with Gasteiger partial charge in [-0.1, -0.05) is 6.07 Å². The zero-order valence-electron chi connectivity index (χ0n) is 14.8. The van der Waals surface area contributed by atoms with Crippen LogP contribution in [0.2, 0.25) is 0 Å². The van der Waals surface area contributed by atoms with E-state index in [4.69, 9.17) is 4.74 Å². The standard InChI is InChI=1S/C17H25N7O/c1-18-17(21-11-15-22-12-23-24(15)2)20-10-13-6-5-9-19-16(13)25-14-7-3-4-8-14/h5-6,9,12,14H,3-4,7-8,10-11H2,1-2H3,(H2,18,20,21). The normalized spacial score (nSPS) is 15.4. The zero-order valence-corrected chi connectivity index (χ0v) is 14.8. The number of hydrogen-bond donors (Lipinski definition) is 2. The third kappa shape index (κ3) is 4.68. The summed E-state index contributed by atoms with van der Waals surface area (Å²) in [4.78, 5) is 12.8. The van der Waals surface area contributed by atoms with Crippen LogP contribution >= 0.6 is 0 Å². The van der Waals surface area contributed by atoms with E-state index in [2.05, 4.69) is 30.7 Å². The molecule has 8 heteroatoms. The molecule has 25 heavy (non-hydrogen) atoms. The molecule has 0 radical (unpaired) electrons. The zero-order chi connectivity index (χ0) is 17.5. The fraction of sp³-hybridized carbons (Fsp3) is 0.529. The molecule has 0 aromatic carbocycles. The van der Waals surface area contributed by atoms with Gasteiger partial charge in [-0.25, -0.2) is 9.97 Å². The number of pyridine rings is 1. The van der Waals surface area contributed by atoms with Crippen LogP contribution in [0.25, 0.3) is 0 Å². The van der Waals surface area contributed by atoms with Crippen molar-refractivity contribution >= 4 is 5.96 Å². The summed E-state index contributed by atoms with van der Waals surface area (Å²) in [6, 6.07) is 3.95. The first-order valence-corrected chi connectivity index (χ1v) is 8.64. The molecule has 2 N–H and O–H groups in total. The molecule has 0 amide bonds. The van der Waals surface area contributed by atoms with E-state index < -0.39 is 0 Å². The Morgan fingerprint density at radius 3 is 2.80 bits per heavy atom. The van der Waals surface area contributed by atoms with Gasteiger partial charge in [0.1, 0.15) is 18.3 Å². The first-order chi connectivity index (χ1) is 12.3. The summed E-state index contributed by atoms with van der Waals surface area (Å²) < 4.78 is 7.81. The predicted molar refractivity (Wildman–Crippen MR) is 95.2 cm³/mol. The molecule has 2 heterocycles. The van der Waals surface area contributed by atoms with E-state index in [1.54, 1.807) is 17.9 Å². The number of ether oxygens (including phenoxy) is 1. The third-order valence-electron chi connectivity index (χ3n) is 4.32. The van der Waals surface area contributed by atoms with Crippen molar-refractivity contribution in [3.05, 3.63) is 36.0 Å². The van der Waals surface area contributed by atoms with Crippen molar-refractivity contribution in [2.45, 2.75) is 44.9 Å². The molecule has 134 valence electrons. The maximum absolute atomic E-state index is 6.07. The number of aliphatic imine (C=N–C) groups is 1. The van der Waals surface area contributed by atoms with Crippen molar-refractivity contribution in [2.24, 2.45) is 12.0 Å². The fourth-order valence-corrected chi connectivity index (χ4v) is 2.87. The average Bonchev–Trinajstić information content (AvgIpc) is 3.28. The highest BCUT2D eigenvalue weighted by Crippen LogP contribution is 2.24. The maximum atomic E-state index is 6.07. The van der Waals surface area contributed by atoms with E-state index >= 15 is 0 Å². The Morgan fingerprint density at radius 1 is 1.28 bits per heavy atom. The van der Waals surface area contributed by atoms with Crippen LogP contribution in [0.3, 0.4) is 0 Å².